The number of carboxylic acid groups (broad SMARTS) is 1. The minimum atomic E-state index is -0.994. The fourth-order valence-corrected chi connectivity index (χ4v) is 2.11. The number of rotatable bonds is 9. The summed E-state index contributed by atoms with van der Waals surface area (Å²) in [5, 5.41) is 11.7. The molecule has 0 bridgehead atoms. The molecule has 0 spiro atoms. The van der Waals surface area contributed by atoms with E-state index in [0.29, 0.717) is 17.9 Å². The highest BCUT2D eigenvalue weighted by atomic mass is 16.5. The summed E-state index contributed by atoms with van der Waals surface area (Å²) in [6.07, 6.45) is 4.57. The molecule has 1 aromatic rings. The first kappa shape index (κ1) is 16.3. The number of hydrogen-bond acceptors (Lipinski definition) is 3. The van der Waals surface area contributed by atoms with Crippen molar-refractivity contribution in [1.82, 2.24) is 5.32 Å². The molecule has 5 nitrogen and oxygen atoms in total. The molecule has 1 aliphatic rings. The van der Waals surface area contributed by atoms with Crippen LogP contribution in [0, 0.1) is 5.92 Å². The molecular weight excluding hydrogens is 282 g/mol. The molecule has 1 amide bonds. The number of amides is 1. The van der Waals surface area contributed by atoms with Crippen molar-refractivity contribution in [2.45, 2.75) is 45.1 Å². The Labute approximate surface area is 130 Å². The van der Waals surface area contributed by atoms with E-state index in [4.69, 9.17) is 9.84 Å². The van der Waals surface area contributed by atoms with Gasteiger partial charge < -0.3 is 15.2 Å². The smallest absolute Gasteiger partial charge is 0.326 e. The quantitative estimate of drug-likeness (QED) is 0.735. The molecule has 22 heavy (non-hydrogen) atoms. The van der Waals surface area contributed by atoms with Crippen molar-refractivity contribution in [1.29, 1.82) is 0 Å². The highest BCUT2D eigenvalue weighted by Gasteiger charge is 2.22. The molecule has 0 heterocycles. The second-order valence-electron chi connectivity index (χ2n) is 5.79. The maximum Gasteiger partial charge on any atom is 0.326 e. The molecule has 1 fully saturated rings. The Morgan fingerprint density at radius 3 is 2.55 bits per heavy atom. The third kappa shape index (κ3) is 5.06. The molecule has 1 aliphatic carbocycles. The molecule has 2 N–H and O–H groups in total. The zero-order valence-corrected chi connectivity index (χ0v) is 12.9. The summed E-state index contributed by atoms with van der Waals surface area (Å²) < 4.78 is 5.61. The molecule has 1 unspecified atom stereocenters. The van der Waals surface area contributed by atoms with Crippen molar-refractivity contribution in [2.24, 2.45) is 5.92 Å². The number of carboxylic acids is 1. The molecule has 1 atom stereocenters. The Morgan fingerprint density at radius 1 is 1.32 bits per heavy atom. The molecule has 0 radical (unpaired) electrons. The van der Waals surface area contributed by atoms with Crippen molar-refractivity contribution >= 4 is 11.9 Å². The van der Waals surface area contributed by atoms with E-state index in [1.165, 1.54) is 12.8 Å². The molecular formula is C17H23NO4. The van der Waals surface area contributed by atoms with E-state index in [1.807, 2.05) is 6.92 Å². The fraction of sp³-hybridized carbons (Fsp3) is 0.529. The Kier molecular flexibility index (Phi) is 5.81. The third-order valence-corrected chi connectivity index (χ3v) is 3.75. The third-order valence-electron chi connectivity index (χ3n) is 3.75. The van der Waals surface area contributed by atoms with E-state index in [0.717, 1.165) is 25.2 Å². The van der Waals surface area contributed by atoms with Crippen LogP contribution in [0.4, 0.5) is 0 Å². The van der Waals surface area contributed by atoms with Crippen LogP contribution < -0.4 is 10.1 Å². The van der Waals surface area contributed by atoms with E-state index in [2.05, 4.69) is 5.32 Å². The van der Waals surface area contributed by atoms with Gasteiger partial charge in [0.05, 0.1) is 6.61 Å². The van der Waals surface area contributed by atoms with Gasteiger partial charge in [0.1, 0.15) is 11.8 Å². The second-order valence-corrected chi connectivity index (χ2v) is 5.79. The van der Waals surface area contributed by atoms with Crippen LogP contribution in [-0.2, 0) is 4.79 Å². The molecule has 120 valence electrons. The molecule has 0 aliphatic heterocycles. The van der Waals surface area contributed by atoms with Crippen molar-refractivity contribution < 1.29 is 19.4 Å². The fourth-order valence-electron chi connectivity index (χ4n) is 2.11. The highest BCUT2D eigenvalue weighted by molar-refractivity contribution is 5.96. The number of unbranched alkanes of at least 4 members (excludes halogenated alkanes) is 1. The van der Waals surface area contributed by atoms with Crippen molar-refractivity contribution in [2.75, 3.05) is 6.61 Å². The number of benzene rings is 1. The number of carbonyl (C=O) groups excluding carboxylic acids is 1. The summed E-state index contributed by atoms with van der Waals surface area (Å²) in [5.41, 5.74) is 0.446. The highest BCUT2D eigenvalue weighted by Crippen LogP contribution is 2.29. The van der Waals surface area contributed by atoms with Crippen LogP contribution in [0.5, 0.6) is 5.75 Å². The van der Waals surface area contributed by atoms with Gasteiger partial charge in [0.2, 0.25) is 0 Å². The van der Waals surface area contributed by atoms with E-state index in [9.17, 15) is 9.59 Å². The van der Waals surface area contributed by atoms with E-state index in [-0.39, 0.29) is 5.91 Å². The predicted octanol–water partition coefficient (Wildman–Crippen LogP) is 2.85. The van der Waals surface area contributed by atoms with Crippen molar-refractivity contribution in [3.63, 3.8) is 0 Å². The molecule has 0 saturated heterocycles. The zero-order chi connectivity index (χ0) is 15.9. The van der Waals surface area contributed by atoms with E-state index in [1.54, 1.807) is 24.3 Å². The Morgan fingerprint density at radius 2 is 2.00 bits per heavy atom. The van der Waals surface area contributed by atoms with Crippen LogP contribution in [-0.4, -0.2) is 29.6 Å². The maximum absolute atomic E-state index is 12.1. The van der Waals surface area contributed by atoms with Gasteiger partial charge in [-0.15, -0.1) is 0 Å². The first-order valence-electron chi connectivity index (χ1n) is 7.86. The van der Waals surface area contributed by atoms with Crippen LogP contribution in [0.3, 0.4) is 0 Å². The molecule has 2 rings (SSSR count). The number of hydrogen-bond donors (Lipinski definition) is 2. The van der Waals surface area contributed by atoms with Crippen LogP contribution in [0.25, 0.3) is 0 Å². The SMILES string of the molecule is CCCCC(NC(=O)c1ccc(OCC2CC2)cc1)C(=O)O. The van der Waals surface area contributed by atoms with E-state index < -0.39 is 12.0 Å². The van der Waals surface area contributed by atoms with Crippen LogP contribution in [0.15, 0.2) is 24.3 Å². The summed E-state index contributed by atoms with van der Waals surface area (Å²) in [6.45, 7) is 2.71. The number of aliphatic carboxylic acids is 1. The summed E-state index contributed by atoms with van der Waals surface area (Å²) in [5.74, 6) is 0.0607. The summed E-state index contributed by atoms with van der Waals surface area (Å²) >= 11 is 0. The molecule has 0 aromatic heterocycles. The van der Waals surface area contributed by atoms with Gasteiger partial charge in [-0.05, 0) is 49.4 Å². The summed E-state index contributed by atoms with van der Waals surface area (Å²) in [6, 6.07) is 5.99. The first-order valence-corrected chi connectivity index (χ1v) is 7.86. The van der Waals surface area contributed by atoms with E-state index >= 15 is 0 Å². The van der Waals surface area contributed by atoms with Crippen LogP contribution in [0.2, 0.25) is 0 Å². The lowest BCUT2D eigenvalue weighted by Gasteiger charge is -2.14. The lowest BCUT2D eigenvalue weighted by molar-refractivity contribution is -0.139. The predicted molar refractivity (Wildman–Crippen MR) is 83.1 cm³/mol. The molecule has 1 saturated carbocycles. The number of ether oxygens (including phenoxy) is 1. The average molecular weight is 305 g/mol. The first-order chi connectivity index (χ1) is 10.6. The monoisotopic (exact) mass is 305 g/mol. The Hall–Kier alpha value is -2.04. The average Bonchev–Trinajstić information content (AvgIpc) is 3.33. The summed E-state index contributed by atoms with van der Waals surface area (Å²) in [7, 11) is 0. The van der Waals surface area contributed by atoms with Crippen molar-refractivity contribution in [3.05, 3.63) is 29.8 Å². The number of nitrogens with one attached hydrogen (secondary N) is 1. The van der Waals surface area contributed by atoms with Gasteiger partial charge in [-0.3, -0.25) is 4.79 Å². The van der Waals surface area contributed by atoms with Gasteiger partial charge in [-0.2, -0.15) is 0 Å². The minimum Gasteiger partial charge on any atom is -0.493 e. The Bertz CT molecular complexity index is 508. The largest absolute Gasteiger partial charge is 0.493 e. The van der Waals surface area contributed by atoms with Gasteiger partial charge >= 0.3 is 5.97 Å². The summed E-state index contributed by atoms with van der Waals surface area (Å²) in [4.78, 5) is 23.2. The standard InChI is InChI=1S/C17H23NO4/c1-2-3-4-15(17(20)21)18-16(19)13-7-9-14(10-8-13)22-11-12-5-6-12/h7-10,12,15H,2-6,11H2,1H3,(H,18,19)(H,20,21). The Balaban J connectivity index is 1.88. The molecule has 5 heteroatoms. The number of carbonyl (C=O) groups is 2. The van der Waals surface area contributed by atoms with Gasteiger partial charge in [0.25, 0.3) is 5.91 Å². The lowest BCUT2D eigenvalue weighted by Crippen LogP contribution is -2.40. The van der Waals surface area contributed by atoms with Gasteiger partial charge in [-0.25, -0.2) is 4.79 Å². The maximum atomic E-state index is 12.1. The zero-order valence-electron chi connectivity index (χ0n) is 12.9. The topological polar surface area (TPSA) is 75.6 Å². The minimum absolute atomic E-state index is 0.364. The van der Waals surface area contributed by atoms with Crippen LogP contribution in [0.1, 0.15) is 49.4 Å². The van der Waals surface area contributed by atoms with Crippen LogP contribution >= 0.6 is 0 Å². The lowest BCUT2D eigenvalue weighted by atomic mass is 10.1. The van der Waals surface area contributed by atoms with Crippen molar-refractivity contribution in [3.8, 4) is 5.75 Å². The van der Waals surface area contributed by atoms with Gasteiger partial charge in [0.15, 0.2) is 0 Å². The second kappa shape index (κ2) is 7.82. The normalized spacial score (nSPS) is 15.1. The molecule has 1 aromatic carbocycles. The van der Waals surface area contributed by atoms with Gasteiger partial charge in [-0.1, -0.05) is 19.8 Å². The van der Waals surface area contributed by atoms with Gasteiger partial charge in [0, 0.05) is 5.56 Å².